The van der Waals surface area contributed by atoms with Gasteiger partial charge in [0.1, 0.15) is 0 Å². The summed E-state index contributed by atoms with van der Waals surface area (Å²) >= 11 is 5.66. The van der Waals surface area contributed by atoms with Gasteiger partial charge in [0.05, 0.1) is 0 Å². The molecule has 0 unspecified atom stereocenters. The van der Waals surface area contributed by atoms with Crippen molar-refractivity contribution < 1.29 is 0 Å². The smallest absolute Gasteiger partial charge is 0.277 e. The van der Waals surface area contributed by atoms with Gasteiger partial charge in [-0.2, -0.15) is 0 Å². The van der Waals surface area contributed by atoms with E-state index in [1.54, 1.807) is 0 Å². The molecule has 0 nitrogen and oxygen atoms in total. The maximum atomic E-state index is 3.41. The third-order valence-electron chi connectivity index (χ3n) is 1.38. The number of alkyl halides is 1. The van der Waals surface area contributed by atoms with Crippen LogP contribution in [0.2, 0.25) is 0 Å². The summed E-state index contributed by atoms with van der Waals surface area (Å²) in [6, 6.07) is 0. The van der Waals surface area contributed by atoms with Crippen molar-refractivity contribution in [2.24, 2.45) is 0 Å². The maximum Gasteiger partial charge on any atom is 0.569 e. The van der Waals surface area contributed by atoms with Crippen LogP contribution in [-0.2, 0) is 0 Å². The maximum absolute atomic E-state index is 3.41. The molecule has 0 atom stereocenters. The van der Waals surface area contributed by atoms with Crippen molar-refractivity contribution in [3.63, 3.8) is 0 Å². The second-order valence-electron chi connectivity index (χ2n) is 2.34. The van der Waals surface area contributed by atoms with Crippen molar-refractivity contribution in [3.8, 4) is 9.97 Å². The van der Waals surface area contributed by atoms with E-state index in [1.807, 2.05) is 0 Å². The van der Waals surface area contributed by atoms with E-state index in [0.717, 1.165) is 6.42 Å². The van der Waals surface area contributed by atoms with Crippen LogP contribution in [0.3, 0.4) is 0 Å². The van der Waals surface area contributed by atoms with E-state index >= 15 is 0 Å². The Labute approximate surface area is 99.0 Å². The predicted octanol–water partition coefficient (Wildman–Crippen LogP) is 3.35. The molecule has 0 N–H and O–H groups in total. The van der Waals surface area contributed by atoms with E-state index in [4.69, 9.17) is 0 Å². The molecule has 0 aromatic rings. The Kier molecular flexibility index (Phi) is 13.1. The minimum Gasteiger partial charge on any atom is -0.277 e. The Morgan fingerprint density at radius 3 is 2.55 bits per heavy atom. The topological polar surface area (TPSA) is 0 Å². The van der Waals surface area contributed by atoms with Crippen LogP contribution < -0.4 is 0 Å². The fourth-order valence-corrected chi connectivity index (χ4v) is 2.20. The molecule has 0 rings (SSSR count). The van der Waals surface area contributed by atoms with Crippen LogP contribution in [0.15, 0.2) is 0 Å². The lowest BCUT2D eigenvalue weighted by Crippen LogP contribution is -1.78. The molecule has 0 amide bonds. The van der Waals surface area contributed by atoms with Crippen LogP contribution >= 0.6 is 35.5 Å². The summed E-state index contributed by atoms with van der Waals surface area (Å²) in [7, 11) is 0. The highest BCUT2D eigenvalue weighted by molar-refractivity contribution is 14.1. The van der Waals surface area contributed by atoms with Gasteiger partial charge < -0.3 is 0 Å². The predicted molar refractivity (Wildman–Crippen MR) is 64.4 cm³/mol. The Morgan fingerprint density at radius 1 is 1.18 bits per heavy atom. The first-order valence-corrected chi connectivity index (χ1v) is 10.1. The fraction of sp³-hybridized carbons (Fsp3) is 0.750. The van der Waals surface area contributed by atoms with Crippen LogP contribution in [-0.4, -0.2) is 22.6 Å². The normalized spacial score (nSPS) is 8.18. The van der Waals surface area contributed by atoms with Gasteiger partial charge in [0, 0.05) is 6.42 Å². The lowest BCUT2D eigenvalue weighted by Gasteiger charge is -1.93. The van der Waals surface area contributed by atoms with E-state index in [0.29, 0.717) is 0 Å². The van der Waals surface area contributed by atoms with Gasteiger partial charge >= 0.3 is 18.2 Å². The van der Waals surface area contributed by atoms with E-state index in [-0.39, 0.29) is 18.2 Å². The van der Waals surface area contributed by atoms with E-state index in [2.05, 4.69) is 45.4 Å². The van der Waals surface area contributed by atoms with E-state index < -0.39 is 0 Å². The van der Waals surface area contributed by atoms with Crippen LogP contribution in [0.5, 0.6) is 0 Å². The molecular formula is C8H12BrIMg. The summed E-state index contributed by atoms with van der Waals surface area (Å²) < 4.78 is 4.45. The van der Waals surface area contributed by atoms with Gasteiger partial charge in [0.2, 0.25) is 0 Å². The Balaban J connectivity index is 2.90. The van der Waals surface area contributed by atoms with Crippen LogP contribution in [0.4, 0.5) is 0 Å². The zero-order valence-corrected chi connectivity index (χ0v) is 11.9. The molecule has 0 bridgehead atoms. The molecule has 60 valence electrons. The van der Waals surface area contributed by atoms with Gasteiger partial charge in [-0.15, -0.1) is 5.92 Å². The van der Waals surface area contributed by atoms with Gasteiger partial charge in [0.25, 0.3) is 0 Å². The number of hydrogen-bond acceptors (Lipinski definition) is 0. The van der Waals surface area contributed by atoms with Crippen LogP contribution in [0.25, 0.3) is 0 Å². The molecule has 0 fully saturated rings. The fourth-order valence-electron chi connectivity index (χ4n) is 0.797. The average molecular weight is 339 g/mol. The highest BCUT2D eigenvalue weighted by atomic mass is 127. The Morgan fingerprint density at radius 2 is 1.91 bits per heavy atom. The number of halogens is 2. The molecule has 0 saturated heterocycles. The first-order chi connectivity index (χ1) is 5.41. The molecule has 0 aromatic heterocycles. The number of rotatable bonds is 5. The summed E-state index contributed by atoms with van der Waals surface area (Å²) in [5, 5.41) is 0. The van der Waals surface area contributed by atoms with Gasteiger partial charge in [0.15, 0.2) is 0 Å². The Bertz CT molecular complexity index is 128. The van der Waals surface area contributed by atoms with Crippen LogP contribution in [0.1, 0.15) is 32.1 Å². The van der Waals surface area contributed by atoms with Crippen molar-refractivity contribution in [2.75, 3.05) is 4.43 Å². The van der Waals surface area contributed by atoms with E-state index in [1.165, 1.54) is 30.1 Å². The highest BCUT2D eigenvalue weighted by Crippen LogP contribution is 2.03. The first-order valence-electron chi connectivity index (χ1n) is 3.99. The molecule has 0 aliphatic carbocycles. The van der Waals surface area contributed by atoms with Crippen LogP contribution in [0, 0.1) is 9.97 Å². The van der Waals surface area contributed by atoms with Crippen molar-refractivity contribution >= 4 is 53.7 Å². The third-order valence-corrected chi connectivity index (χ3v) is 3.36. The molecule has 0 spiro atoms. The van der Waals surface area contributed by atoms with Crippen molar-refractivity contribution in [1.82, 2.24) is 0 Å². The summed E-state index contributed by atoms with van der Waals surface area (Å²) in [5.74, 6) is 3.17. The van der Waals surface area contributed by atoms with Crippen molar-refractivity contribution in [3.05, 3.63) is 0 Å². The molecule has 3 heteroatoms. The third kappa shape index (κ3) is 11.5. The standard InChI is InChI=1S/C8H12I.BrH.Mg/c1-2-3-4-5-6-7-8-9;;/h3-8H2;1H;/q;;+1/p-1. The summed E-state index contributed by atoms with van der Waals surface area (Å²) in [5.41, 5.74) is 0. The molecule has 0 aliphatic heterocycles. The SMILES string of the molecule is [Br][Mg][C]#CCCCCCCI. The summed E-state index contributed by atoms with van der Waals surface area (Å²) in [6.07, 6.45) is 6.53. The molecule has 0 saturated carbocycles. The average Bonchev–Trinajstić information content (AvgIpc) is 2.03. The number of unbranched alkanes of at least 4 members (excludes halogenated alkanes) is 4. The lowest BCUT2D eigenvalue weighted by atomic mass is 10.2. The largest absolute Gasteiger partial charge is 0.569 e. The number of hydrogen-bond donors (Lipinski definition) is 0. The van der Waals surface area contributed by atoms with E-state index in [9.17, 15) is 0 Å². The van der Waals surface area contributed by atoms with Gasteiger partial charge in [-0.05, 0) is 17.3 Å². The van der Waals surface area contributed by atoms with Gasteiger partial charge in [-0.3, -0.25) is 16.9 Å². The summed E-state index contributed by atoms with van der Waals surface area (Å²) in [6.45, 7) is 0. The zero-order chi connectivity index (χ0) is 8.36. The molecule has 0 radical (unpaired) electrons. The molecule has 0 heterocycles. The van der Waals surface area contributed by atoms with Crippen molar-refractivity contribution in [1.29, 1.82) is 0 Å². The quantitative estimate of drug-likeness (QED) is 0.237. The van der Waals surface area contributed by atoms with Crippen molar-refractivity contribution in [2.45, 2.75) is 32.1 Å². The lowest BCUT2D eigenvalue weighted by molar-refractivity contribution is 0.687. The zero-order valence-electron chi connectivity index (χ0n) is 6.71. The second-order valence-corrected chi connectivity index (χ2v) is 5.72. The Hall–Kier alpha value is 1.54. The molecule has 0 aliphatic rings. The second kappa shape index (κ2) is 11.5. The van der Waals surface area contributed by atoms with Gasteiger partial charge in [-0.25, -0.2) is 0 Å². The highest BCUT2D eigenvalue weighted by Gasteiger charge is 1.86. The summed E-state index contributed by atoms with van der Waals surface area (Å²) in [4.78, 5) is 0. The minimum absolute atomic E-state index is 0.180. The first kappa shape index (κ1) is 12.5. The minimum atomic E-state index is -0.180. The molecule has 11 heavy (non-hydrogen) atoms. The monoisotopic (exact) mass is 338 g/mol. The van der Waals surface area contributed by atoms with Gasteiger partial charge in [-0.1, -0.05) is 35.4 Å². The molecule has 0 aromatic carbocycles. The molecular weight excluding hydrogens is 327 g/mol.